The molecule has 0 fully saturated rings. The predicted octanol–water partition coefficient (Wildman–Crippen LogP) is 3.65. The van der Waals surface area contributed by atoms with Crippen LogP contribution in [0.5, 0.6) is 0 Å². The summed E-state index contributed by atoms with van der Waals surface area (Å²) in [7, 11) is 0. The molecule has 0 aliphatic rings. The van der Waals surface area contributed by atoms with Crippen LogP contribution in [0.15, 0.2) is 24.3 Å². The van der Waals surface area contributed by atoms with E-state index in [9.17, 15) is 5.11 Å². The Bertz CT molecular complexity index is 306. The molecule has 1 atom stereocenters. The van der Waals surface area contributed by atoms with Crippen LogP contribution in [0.4, 0.5) is 0 Å². The van der Waals surface area contributed by atoms with Crippen molar-refractivity contribution in [1.29, 1.82) is 0 Å². The van der Waals surface area contributed by atoms with Crippen molar-refractivity contribution in [3.8, 4) is 0 Å². The summed E-state index contributed by atoms with van der Waals surface area (Å²) in [5.41, 5.74) is 1.67. The van der Waals surface area contributed by atoms with Crippen LogP contribution < -0.4 is 0 Å². The fourth-order valence-corrected chi connectivity index (χ4v) is 1.65. The van der Waals surface area contributed by atoms with E-state index in [0.717, 1.165) is 12.0 Å². The Hall–Kier alpha value is 0.0500. The molecule has 0 saturated heterocycles. The van der Waals surface area contributed by atoms with Crippen LogP contribution in [0.25, 0.3) is 0 Å². The zero-order valence-corrected chi connectivity index (χ0v) is 9.94. The van der Waals surface area contributed by atoms with Gasteiger partial charge in [0.25, 0.3) is 0 Å². The van der Waals surface area contributed by atoms with E-state index < -0.39 is 9.90 Å². The van der Waals surface area contributed by atoms with Gasteiger partial charge in [-0.3, -0.25) is 0 Å². The number of rotatable bonds is 2. The van der Waals surface area contributed by atoms with Crippen molar-refractivity contribution in [3.63, 3.8) is 0 Å². The number of alkyl halides is 3. The first-order chi connectivity index (χ1) is 6.46. The third kappa shape index (κ3) is 2.77. The molecule has 1 N–H and O–H groups in total. The minimum absolute atomic E-state index is 0.676. The Balaban J connectivity index is 3.06. The highest BCUT2D eigenvalue weighted by atomic mass is 35.6. The lowest BCUT2D eigenvalue weighted by molar-refractivity contribution is 0.181. The number of aliphatic hydroxyl groups excluding tert-OH is 1. The topological polar surface area (TPSA) is 20.2 Å². The van der Waals surface area contributed by atoms with Crippen molar-refractivity contribution in [2.45, 2.75) is 23.2 Å². The summed E-state index contributed by atoms with van der Waals surface area (Å²) in [6.07, 6.45) is -0.280. The highest BCUT2D eigenvalue weighted by Gasteiger charge is 2.32. The molecule has 1 rings (SSSR count). The van der Waals surface area contributed by atoms with Crippen molar-refractivity contribution in [1.82, 2.24) is 0 Å². The van der Waals surface area contributed by atoms with Crippen LogP contribution in [-0.2, 0) is 6.42 Å². The molecule has 0 aromatic heterocycles. The predicted molar refractivity (Wildman–Crippen MR) is 61.1 cm³/mol. The van der Waals surface area contributed by atoms with Crippen molar-refractivity contribution in [3.05, 3.63) is 35.4 Å². The molecule has 78 valence electrons. The third-order valence-electron chi connectivity index (χ3n) is 2.04. The Labute approximate surface area is 98.6 Å². The molecular formula is C10H11Cl3O. The highest BCUT2D eigenvalue weighted by molar-refractivity contribution is 6.68. The maximum absolute atomic E-state index is 9.77. The average Bonchev–Trinajstić information content (AvgIpc) is 2.15. The Morgan fingerprint density at radius 2 is 1.86 bits per heavy atom. The second kappa shape index (κ2) is 4.71. The SMILES string of the molecule is CCc1ccccc1C(O)C(Cl)(Cl)Cl. The highest BCUT2D eigenvalue weighted by Crippen LogP contribution is 2.40. The number of benzene rings is 1. The van der Waals surface area contributed by atoms with Gasteiger partial charge in [-0.2, -0.15) is 0 Å². The second-order valence-electron chi connectivity index (χ2n) is 3.00. The maximum atomic E-state index is 9.77. The van der Waals surface area contributed by atoms with Gasteiger partial charge in [-0.15, -0.1) is 0 Å². The van der Waals surface area contributed by atoms with Crippen molar-refractivity contribution >= 4 is 34.8 Å². The van der Waals surface area contributed by atoms with Gasteiger partial charge in [0.15, 0.2) is 0 Å². The Morgan fingerprint density at radius 1 is 1.29 bits per heavy atom. The van der Waals surface area contributed by atoms with Gasteiger partial charge in [0.1, 0.15) is 6.10 Å². The summed E-state index contributed by atoms with van der Waals surface area (Å²) in [6.45, 7) is 1.99. The lowest BCUT2D eigenvalue weighted by atomic mass is 10.0. The first-order valence-electron chi connectivity index (χ1n) is 4.29. The Morgan fingerprint density at radius 3 is 2.36 bits per heavy atom. The summed E-state index contributed by atoms with van der Waals surface area (Å²) in [6, 6.07) is 7.39. The molecule has 0 aliphatic carbocycles. The van der Waals surface area contributed by atoms with E-state index in [1.54, 1.807) is 6.07 Å². The summed E-state index contributed by atoms with van der Waals surface area (Å²) in [5.74, 6) is 0. The van der Waals surface area contributed by atoms with Gasteiger partial charge < -0.3 is 5.11 Å². The van der Waals surface area contributed by atoms with E-state index in [1.165, 1.54) is 0 Å². The van der Waals surface area contributed by atoms with Gasteiger partial charge >= 0.3 is 0 Å². The van der Waals surface area contributed by atoms with Gasteiger partial charge in [-0.25, -0.2) is 0 Å². The molecule has 0 saturated carbocycles. The summed E-state index contributed by atoms with van der Waals surface area (Å²) in [4.78, 5) is 0. The average molecular weight is 254 g/mol. The van der Waals surface area contributed by atoms with E-state index in [4.69, 9.17) is 34.8 Å². The molecule has 0 amide bonds. The normalized spacial score (nSPS) is 14.1. The van der Waals surface area contributed by atoms with Gasteiger partial charge in [-0.1, -0.05) is 66.0 Å². The zero-order chi connectivity index (χ0) is 10.8. The van der Waals surface area contributed by atoms with E-state index in [0.29, 0.717) is 5.56 Å². The second-order valence-corrected chi connectivity index (χ2v) is 5.37. The van der Waals surface area contributed by atoms with Gasteiger partial charge in [0.05, 0.1) is 0 Å². The largest absolute Gasteiger partial charge is 0.384 e. The van der Waals surface area contributed by atoms with Gasteiger partial charge in [0.2, 0.25) is 3.79 Å². The molecule has 0 radical (unpaired) electrons. The van der Waals surface area contributed by atoms with Crippen molar-refractivity contribution in [2.75, 3.05) is 0 Å². The Kier molecular flexibility index (Phi) is 4.08. The van der Waals surface area contributed by atoms with E-state index >= 15 is 0 Å². The van der Waals surface area contributed by atoms with Crippen LogP contribution in [0, 0.1) is 0 Å². The summed E-state index contributed by atoms with van der Waals surface area (Å²) in [5, 5.41) is 9.77. The lowest BCUT2D eigenvalue weighted by Crippen LogP contribution is -2.17. The smallest absolute Gasteiger partial charge is 0.220 e. The molecular weight excluding hydrogens is 242 g/mol. The van der Waals surface area contributed by atoms with Crippen LogP contribution in [0.1, 0.15) is 24.2 Å². The molecule has 0 aliphatic heterocycles. The van der Waals surface area contributed by atoms with Crippen molar-refractivity contribution in [2.24, 2.45) is 0 Å². The molecule has 0 spiro atoms. The standard InChI is InChI=1S/C10H11Cl3O/c1-2-7-5-3-4-6-8(7)9(14)10(11,12)13/h3-6,9,14H,2H2,1H3. The molecule has 14 heavy (non-hydrogen) atoms. The van der Waals surface area contributed by atoms with Crippen LogP contribution in [-0.4, -0.2) is 8.90 Å². The van der Waals surface area contributed by atoms with Crippen molar-refractivity contribution < 1.29 is 5.11 Å². The van der Waals surface area contributed by atoms with Gasteiger partial charge in [-0.05, 0) is 17.5 Å². The molecule has 4 heteroatoms. The molecule has 1 nitrogen and oxygen atoms in total. The van der Waals surface area contributed by atoms with Crippen LogP contribution >= 0.6 is 34.8 Å². The molecule has 0 heterocycles. The lowest BCUT2D eigenvalue weighted by Gasteiger charge is -2.21. The number of aryl methyl sites for hydroxylation is 1. The van der Waals surface area contributed by atoms with Crippen LogP contribution in [0.2, 0.25) is 0 Å². The number of hydrogen-bond acceptors (Lipinski definition) is 1. The maximum Gasteiger partial charge on any atom is 0.220 e. The first-order valence-corrected chi connectivity index (χ1v) is 5.42. The first kappa shape index (κ1) is 12.1. The minimum Gasteiger partial charge on any atom is -0.384 e. The van der Waals surface area contributed by atoms with E-state index in [2.05, 4.69) is 0 Å². The third-order valence-corrected chi connectivity index (χ3v) is 2.66. The van der Waals surface area contributed by atoms with Gasteiger partial charge in [0, 0.05) is 0 Å². The quantitative estimate of drug-likeness (QED) is 0.798. The summed E-state index contributed by atoms with van der Waals surface area (Å²) >= 11 is 16.9. The van der Waals surface area contributed by atoms with E-state index in [1.807, 2.05) is 25.1 Å². The van der Waals surface area contributed by atoms with E-state index in [-0.39, 0.29) is 0 Å². The molecule has 0 bridgehead atoms. The summed E-state index contributed by atoms with van der Waals surface area (Å²) < 4.78 is -1.68. The molecule has 1 unspecified atom stereocenters. The number of hydrogen-bond donors (Lipinski definition) is 1. The number of halogens is 3. The number of aliphatic hydroxyl groups is 1. The van der Waals surface area contributed by atoms with Crippen LogP contribution in [0.3, 0.4) is 0 Å². The fourth-order valence-electron chi connectivity index (χ4n) is 1.30. The minimum atomic E-state index is -1.68. The molecule has 1 aromatic rings. The monoisotopic (exact) mass is 252 g/mol. The fraction of sp³-hybridized carbons (Fsp3) is 0.400. The zero-order valence-electron chi connectivity index (χ0n) is 7.67. The molecule has 1 aromatic carbocycles.